The molecule has 0 atom stereocenters. The van der Waals surface area contributed by atoms with Crippen LogP contribution in [0.2, 0.25) is 5.02 Å². The number of halogens is 1. The summed E-state index contributed by atoms with van der Waals surface area (Å²) in [4.78, 5) is 24.0. The molecule has 0 unspecified atom stereocenters. The molecular formula is C23H18ClNO5. The van der Waals surface area contributed by atoms with E-state index in [-0.39, 0.29) is 34.5 Å². The minimum Gasteiger partial charge on any atom is -0.507 e. The van der Waals surface area contributed by atoms with Crippen LogP contribution in [0.1, 0.15) is 27.4 Å². The Bertz CT molecular complexity index is 1100. The minimum absolute atomic E-state index is 0.0710. The Hall–Kier alpha value is -3.51. The number of esters is 1. The Kier molecular flexibility index (Phi) is 5.33. The van der Waals surface area contributed by atoms with Gasteiger partial charge in [-0.1, -0.05) is 60.1 Å². The van der Waals surface area contributed by atoms with E-state index in [0.717, 1.165) is 22.3 Å². The van der Waals surface area contributed by atoms with Crippen molar-refractivity contribution in [3.05, 3.63) is 82.4 Å². The van der Waals surface area contributed by atoms with Crippen molar-refractivity contribution in [1.29, 1.82) is 0 Å². The van der Waals surface area contributed by atoms with E-state index in [1.165, 1.54) is 19.2 Å². The number of methoxy groups -OCH3 is 1. The van der Waals surface area contributed by atoms with E-state index in [9.17, 15) is 14.7 Å². The van der Waals surface area contributed by atoms with Gasteiger partial charge in [-0.25, -0.2) is 9.59 Å². The first-order valence-corrected chi connectivity index (χ1v) is 9.60. The second kappa shape index (κ2) is 8.08. The van der Waals surface area contributed by atoms with Gasteiger partial charge in [-0.05, 0) is 28.3 Å². The molecular weight excluding hydrogens is 406 g/mol. The lowest BCUT2D eigenvalue weighted by molar-refractivity contribution is 0.0597. The predicted molar refractivity (Wildman–Crippen MR) is 113 cm³/mol. The molecule has 0 heterocycles. The van der Waals surface area contributed by atoms with Crippen molar-refractivity contribution in [1.82, 2.24) is 0 Å². The number of ether oxygens (including phenoxy) is 2. The number of hydrogen-bond donors (Lipinski definition) is 2. The Morgan fingerprint density at radius 1 is 1.03 bits per heavy atom. The Morgan fingerprint density at radius 2 is 1.63 bits per heavy atom. The molecule has 6 nitrogen and oxygen atoms in total. The lowest BCUT2D eigenvalue weighted by Crippen LogP contribution is -2.18. The summed E-state index contributed by atoms with van der Waals surface area (Å²) >= 11 is 6.12. The summed E-state index contributed by atoms with van der Waals surface area (Å²) in [6, 6.07) is 18.5. The average molecular weight is 424 g/mol. The number of carbonyl (C=O) groups excluding carboxylic acids is 2. The maximum Gasteiger partial charge on any atom is 0.411 e. The highest BCUT2D eigenvalue weighted by atomic mass is 35.5. The van der Waals surface area contributed by atoms with Gasteiger partial charge in [0.25, 0.3) is 0 Å². The van der Waals surface area contributed by atoms with Gasteiger partial charge in [0.2, 0.25) is 0 Å². The van der Waals surface area contributed by atoms with Crippen molar-refractivity contribution < 1.29 is 24.2 Å². The molecule has 2 N–H and O–H groups in total. The summed E-state index contributed by atoms with van der Waals surface area (Å²) in [5, 5.41) is 12.6. The van der Waals surface area contributed by atoms with Crippen LogP contribution in [0, 0.1) is 0 Å². The number of nitrogens with one attached hydrogen (secondary N) is 1. The van der Waals surface area contributed by atoms with E-state index >= 15 is 0 Å². The van der Waals surface area contributed by atoms with Gasteiger partial charge >= 0.3 is 12.1 Å². The van der Waals surface area contributed by atoms with Crippen LogP contribution in [0.5, 0.6) is 5.75 Å². The van der Waals surface area contributed by atoms with E-state index < -0.39 is 12.1 Å². The summed E-state index contributed by atoms with van der Waals surface area (Å²) < 4.78 is 10.0. The lowest BCUT2D eigenvalue weighted by atomic mass is 9.98. The number of phenolic OH excluding ortho intramolecular Hbond substituents is 1. The van der Waals surface area contributed by atoms with Crippen LogP contribution in [0.25, 0.3) is 11.1 Å². The molecule has 1 aliphatic rings. The van der Waals surface area contributed by atoms with Crippen LogP contribution < -0.4 is 5.32 Å². The smallest absolute Gasteiger partial charge is 0.411 e. The van der Waals surface area contributed by atoms with Crippen molar-refractivity contribution in [2.24, 2.45) is 0 Å². The first-order chi connectivity index (χ1) is 14.5. The van der Waals surface area contributed by atoms with Crippen molar-refractivity contribution in [2.45, 2.75) is 5.92 Å². The third kappa shape index (κ3) is 3.57. The highest BCUT2D eigenvalue weighted by molar-refractivity contribution is 6.34. The molecule has 0 spiro atoms. The molecule has 3 aromatic rings. The molecule has 0 aromatic heterocycles. The highest BCUT2D eigenvalue weighted by Crippen LogP contribution is 2.44. The second-order valence-electron chi connectivity index (χ2n) is 6.79. The van der Waals surface area contributed by atoms with Crippen molar-refractivity contribution in [3.63, 3.8) is 0 Å². The van der Waals surface area contributed by atoms with Gasteiger partial charge in [-0.3, -0.25) is 5.32 Å². The third-order valence-corrected chi connectivity index (χ3v) is 5.38. The van der Waals surface area contributed by atoms with Gasteiger partial charge in [0.05, 0.1) is 17.8 Å². The number of phenols is 1. The monoisotopic (exact) mass is 423 g/mol. The average Bonchev–Trinajstić information content (AvgIpc) is 3.08. The fraction of sp³-hybridized carbons (Fsp3) is 0.130. The number of hydrogen-bond acceptors (Lipinski definition) is 5. The fourth-order valence-corrected chi connectivity index (χ4v) is 3.89. The number of fused-ring (bicyclic) bond motifs is 3. The molecule has 0 radical (unpaired) electrons. The predicted octanol–water partition coefficient (Wildman–Crippen LogP) is 5.19. The first-order valence-electron chi connectivity index (χ1n) is 9.22. The Balaban J connectivity index is 1.49. The number of rotatable bonds is 4. The van der Waals surface area contributed by atoms with Crippen LogP contribution in [-0.2, 0) is 9.47 Å². The quantitative estimate of drug-likeness (QED) is 0.564. The second-order valence-corrected chi connectivity index (χ2v) is 7.20. The normalized spacial score (nSPS) is 12.1. The number of aromatic hydroxyl groups is 1. The summed E-state index contributed by atoms with van der Waals surface area (Å²) in [5.41, 5.74) is 4.50. The fourth-order valence-electron chi connectivity index (χ4n) is 3.68. The van der Waals surface area contributed by atoms with E-state index in [2.05, 4.69) is 22.2 Å². The first kappa shape index (κ1) is 19.8. The Labute approximate surface area is 178 Å². The van der Waals surface area contributed by atoms with Crippen molar-refractivity contribution in [3.8, 4) is 16.9 Å². The Morgan fingerprint density at radius 3 is 2.23 bits per heavy atom. The van der Waals surface area contributed by atoms with Crippen molar-refractivity contribution >= 4 is 29.4 Å². The molecule has 0 aliphatic heterocycles. The summed E-state index contributed by atoms with van der Waals surface area (Å²) in [6.45, 7) is 0.143. The largest absolute Gasteiger partial charge is 0.507 e. The summed E-state index contributed by atoms with van der Waals surface area (Å²) in [7, 11) is 1.19. The summed E-state index contributed by atoms with van der Waals surface area (Å²) in [6.07, 6.45) is -0.719. The maximum atomic E-state index is 12.4. The van der Waals surface area contributed by atoms with Crippen LogP contribution in [-0.4, -0.2) is 30.9 Å². The molecule has 152 valence electrons. The van der Waals surface area contributed by atoms with E-state index in [1.807, 2.05) is 36.4 Å². The third-order valence-electron chi connectivity index (χ3n) is 5.07. The number of carbonyl (C=O) groups is 2. The molecule has 7 heteroatoms. The molecule has 3 aromatic carbocycles. The van der Waals surface area contributed by atoms with Crippen LogP contribution in [0.15, 0.2) is 60.7 Å². The van der Waals surface area contributed by atoms with Crippen LogP contribution >= 0.6 is 11.6 Å². The molecule has 1 aliphatic carbocycles. The molecule has 0 bridgehead atoms. The number of amides is 1. The zero-order valence-electron chi connectivity index (χ0n) is 16.0. The van der Waals surface area contributed by atoms with Gasteiger partial charge in [0.15, 0.2) is 0 Å². The van der Waals surface area contributed by atoms with Crippen LogP contribution in [0.4, 0.5) is 10.5 Å². The van der Waals surface area contributed by atoms with Crippen molar-refractivity contribution in [2.75, 3.05) is 19.0 Å². The lowest BCUT2D eigenvalue weighted by Gasteiger charge is -2.15. The molecule has 0 fully saturated rings. The van der Waals surface area contributed by atoms with Gasteiger partial charge in [-0.15, -0.1) is 0 Å². The maximum absolute atomic E-state index is 12.4. The van der Waals surface area contributed by atoms with Gasteiger partial charge < -0.3 is 14.6 Å². The van der Waals surface area contributed by atoms with Crippen LogP contribution in [0.3, 0.4) is 0 Å². The number of benzene rings is 3. The molecule has 0 saturated carbocycles. The van der Waals surface area contributed by atoms with E-state index in [1.54, 1.807) is 0 Å². The summed E-state index contributed by atoms with van der Waals surface area (Å²) in [5.74, 6) is -1.17. The number of anilines is 1. The standard InChI is InChI=1S/C23H18ClNO5/c1-29-22(27)17-10-19(24)20(11-21(17)26)25-23(28)30-12-18-15-8-4-2-6-13(15)14-7-3-5-9-16(14)18/h2-11,18,26H,12H2,1H3,(H,25,28). The molecule has 30 heavy (non-hydrogen) atoms. The van der Waals surface area contributed by atoms with E-state index in [0.29, 0.717) is 0 Å². The SMILES string of the molecule is COC(=O)c1cc(Cl)c(NC(=O)OCC2c3ccccc3-c3ccccc32)cc1O. The molecule has 1 amide bonds. The van der Waals surface area contributed by atoms with E-state index in [4.69, 9.17) is 16.3 Å². The minimum atomic E-state index is -0.734. The molecule has 0 saturated heterocycles. The van der Waals surface area contributed by atoms with Gasteiger partial charge in [0, 0.05) is 12.0 Å². The zero-order chi connectivity index (χ0) is 21.3. The van der Waals surface area contributed by atoms with Gasteiger partial charge in [0.1, 0.15) is 17.9 Å². The zero-order valence-corrected chi connectivity index (χ0v) is 16.8. The molecule has 4 rings (SSSR count). The van der Waals surface area contributed by atoms with Gasteiger partial charge in [-0.2, -0.15) is 0 Å². The topological polar surface area (TPSA) is 84.9 Å². The highest BCUT2D eigenvalue weighted by Gasteiger charge is 2.29.